The minimum Gasteiger partial charge on any atom is -0.407 e. The number of carbonyl (C=O) groups is 2. The smallest absolute Gasteiger partial charge is 0.407 e. The maximum absolute atomic E-state index is 13.5. The first-order valence-electron chi connectivity index (χ1n) is 7.79. The van der Waals surface area contributed by atoms with Gasteiger partial charge in [-0.1, -0.05) is 36.4 Å². The van der Waals surface area contributed by atoms with Gasteiger partial charge in [0.25, 0.3) is 11.7 Å². The van der Waals surface area contributed by atoms with Crippen LogP contribution in [-0.2, 0) is 16.1 Å². The van der Waals surface area contributed by atoms with Gasteiger partial charge in [-0.2, -0.15) is 0 Å². The number of carbonyl (C=O) groups excluding carboxylic acids is 2. The van der Waals surface area contributed by atoms with E-state index in [0.29, 0.717) is 5.69 Å². The predicted molar refractivity (Wildman–Crippen MR) is 88.1 cm³/mol. The van der Waals surface area contributed by atoms with Gasteiger partial charge in [-0.25, -0.2) is 9.18 Å². The summed E-state index contributed by atoms with van der Waals surface area (Å²) in [4.78, 5) is 25.6. The number of amides is 2. The van der Waals surface area contributed by atoms with E-state index in [0.717, 1.165) is 0 Å². The summed E-state index contributed by atoms with van der Waals surface area (Å²) in [5, 5.41) is 12.7. The summed E-state index contributed by atoms with van der Waals surface area (Å²) in [6.07, 6.45) is -1.04. The Hall–Kier alpha value is -2.93. The van der Waals surface area contributed by atoms with Crippen LogP contribution in [0.2, 0.25) is 0 Å². The van der Waals surface area contributed by atoms with Crippen LogP contribution in [-0.4, -0.2) is 29.4 Å². The fourth-order valence-electron chi connectivity index (χ4n) is 2.63. The zero-order valence-corrected chi connectivity index (χ0v) is 13.3. The lowest BCUT2D eigenvalue weighted by Gasteiger charge is -2.22. The Bertz CT molecular complexity index is 784. The topological polar surface area (TPSA) is 78.9 Å². The second kappa shape index (κ2) is 6.90. The van der Waals surface area contributed by atoms with Crippen molar-refractivity contribution in [2.24, 2.45) is 0 Å². The second-order valence-corrected chi connectivity index (χ2v) is 5.66. The van der Waals surface area contributed by atoms with Crippen molar-refractivity contribution in [3.63, 3.8) is 0 Å². The molecule has 0 unspecified atom stereocenters. The number of ether oxygens (including phenoxy) is 1. The molecule has 1 fully saturated rings. The summed E-state index contributed by atoms with van der Waals surface area (Å²) < 4.78 is 18.4. The lowest BCUT2D eigenvalue weighted by molar-refractivity contribution is -0.175. The molecule has 1 atom stereocenters. The number of aliphatic hydroxyl groups is 1. The first kappa shape index (κ1) is 16.9. The molecule has 6 nitrogen and oxygen atoms in total. The van der Waals surface area contributed by atoms with Crippen LogP contribution in [0.4, 0.5) is 14.9 Å². The Kier molecular flexibility index (Phi) is 4.67. The van der Waals surface area contributed by atoms with Crippen molar-refractivity contribution >= 4 is 17.7 Å². The molecule has 0 saturated carbocycles. The number of hydrogen-bond acceptors (Lipinski definition) is 4. The van der Waals surface area contributed by atoms with Crippen LogP contribution in [0.25, 0.3) is 0 Å². The van der Waals surface area contributed by atoms with Gasteiger partial charge >= 0.3 is 6.09 Å². The molecule has 0 spiro atoms. The molecule has 3 rings (SSSR count). The van der Waals surface area contributed by atoms with Gasteiger partial charge in [0, 0.05) is 30.8 Å². The molecule has 0 aliphatic carbocycles. The normalized spacial score (nSPS) is 19.8. The number of halogens is 1. The third kappa shape index (κ3) is 3.61. The number of benzene rings is 2. The van der Waals surface area contributed by atoms with Crippen LogP contribution in [0.3, 0.4) is 0 Å². The molecule has 7 heteroatoms. The highest BCUT2D eigenvalue weighted by Crippen LogP contribution is 2.29. The van der Waals surface area contributed by atoms with E-state index in [-0.39, 0.29) is 25.1 Å². The lowest BCUT2D eigenvalue weighted by atomic mass is 10.2. The molecular formula is C18H17FN2O4. The summed E-state index contributed by atoms with van der Waals surface area (Å²) in [6.45, 7) is 0.109. The molecular weight excluding hydrogens is 327 g/mol. The maximum atomic E-state index is 13.5. The van der Waals surface area contributed by atoms with Crippen molar-refractivity contribution in [2.45, 2.75) is 18.8 Å². The Balaban J connectivity index is 1.61. The minimum atomic E-state index is -2.23. The Labute approximate surface area is 143 Å². The second-order valence-electron chi connectivity index (χ2n) is 5.66. The van der Waals surface area contributed by atoms with E-state index in [1.54, 1.807) is 30.3 Å². The molecule has 2 aromatic rings. The molecule has 2 amide bonds. The maximum Gasteiger partial charge on any atom is 0.410 e. The first-order valence-corrected chi connectivity index (χ1v) is 7.79. The monoisotopic (exact) mass is 344 g/mol. The molecule has 1 aliphatic heterocycles. The van der Waals surface area contributed by atoms with Crippen LogP contribution in [0.1, 0.15) is 12.0 Å². The molecule has 1 heterocycles. The lowest BCUT2D eigenvalue weighted by Crippen LogP contribution is -2.46. The SMILES string of the molecule is O=C(NCc1ccccc1F)O[C@@]1(O)CCN(c2ccccc2)C1=O. The number of para-hydroxylation sites is 1. The summed E-state index contributed by atoms with van der Waals surface area (Å²) in [5.74, 6) is -3.40. The van der Waals surface area contributed by atoms with Gasteiger partial charge < -0.3 is 20.1 Å². The molecule has 0 bridgehead atoms. The van der Waals surface area contributed by atoms with E-state index in [2.05, 4.69) is 5.32 Å². The van der Waals surface area contributed by atoms with Crippen molar-refractivity contribution < 1.29 is 23.8 Å². The zero-order chi connectivity index (χ0) is 17.9. The number of rotatable bonds is 4. The molecule has 2 aromatic carbocycles. The fraction of sp³-hybridized carbons (Fsp3) is 0.222. The molecule has 1 aliphatic rings. The number of hydrogen-bond donors (Lipinski definition) is 2. The molecule has 130 valence electrons. The van der Waals surface area contributed by atoms with Gasteiger partial charge in [0.05, 0.1) is 0 Å². The third-order valence-electron chi connectivity index (χ3n) is 3.96. The van der Waals surface area contributed by atoms with Crippen molar-refractivity contribution in [1.29, 1.82) is 0 Å². The van der Waals surface area contributed by atoms with E-state index < -0.39 is 23.6 Å². The van der Waals surface area contributed by atoms with Crippen molar-refractivity contribution in [3.05, 3.63) is 66.0 Å². The van der Waals surface area contributed by atoms with Crippen LogP contribution in [0.15, 0.2) is 54.6 Å². The van der Waals surface area contributed by atoms with Crippen molar-refractivity contribution in [2.75, 3.05) is 11.4 Å². The fourth-order valence-corrected chi connectivity index (χ4v) is 2.63. The molecule has 2 N–H and O–H groups in total. The van der Waals surface area contributed by atoms with Crippen LogP contribution in [0.5, 0.6) is 0 Å². The van der Waals surface area contributed by atoms with E-state index in [4.69, 9.17) is 4.74 Å². The number of nitrogens with zero attached hydrogens (tertiary/aromatic N) is 1. The van der Waals surface area contributed by atoms with Gasteiger partial charge in [-0.05, 0) is 18.2 Å². The largest absolute Gasteiger partial charge is 0.410 e. The van der Waals surface area contributed by atoms with Crippen LogP contribution < -0.4 is 10.2 Å². The summed E-state index contributed by atoms with van der Waals surface area (Å²) >= 11 is 0. The number of nitrogens with one attached hydrogen (secondary N) is 1. The van der Waals surface area contributed by atoms with Crippen LogP contribution >= 0.6 is 0 Å². The van der Waals surface area contributed by atoms with Gasteiger partial charge in [-0.15, -0.1) is 0 Å². The molecule has 1 saturated heterocycles. The van der Waals surface area contributed by atoms with Gasteiger partial charge in [0.1, 0.15) is 5.82 Å². The summed E-state index contributed by atoms with van der Waals surface area (Å²) in [7, 11) is 0. The zero-order valence-electron chi connectivity index (χ0n) is 13.3. The minimum absolute atomic E-state index is 0.0478. The highest BCUT2D eigenvalue weighted by Gasteiger charge is 2.49. The van der Waals surface area contributed by atoms with E-state index >= 15 is 0 Å². The predicted octanol–water partition coefficient (Wildman–Crippen LogP) is 2.18. The van der Waals surface area contributed by atoms with Gasteiger partial charge in [-0.3, -0.25) is 4.79 Å². The highest BCUT2D eigenvalue weighted by atomic mass is 19.1. The summed E-state index contributed by atoms with van der Waals surface area (Å²) in [6, 6.07) is 14.7. The average molecular weight is 344 g/mol. The standard InChI is InChI=1S/C18H17FN2O4/c19-15-9-5-4-6-13(15)12-20-17(23)25-18(24)10-11-21(16(18)22)14-7-2-1-3-8-14/h1-9,24H,10-12H2,(H,20,23)/t18-/m0/s1. The van der Waals surface area contributed by atoms with Crippen molar-refractivity contribution in [1.82, 2.24) is 5.32 Å². The summed E-state index contributed by atoms with van der Waals surface area (Å²) in [5.41, 5.74) is 0.883. The number of anilines is 1. The molecule has 0 aromatic heterocycles. The highest BCUT2D eigenvalue weighted by molar-refractivity contribution is 6.01. The van der Waals surface area contributed by atoms with E-state index in [1.165, 1.54) is 23.1 Å². The Morgan fingerprint density at radius 2 is 1.88 bits per heavy atom. The number of alkyl carbamates (subject to hydrolysis) is 1. The van der Waals surface area contributed by atoms with E-state index in [9.17, 15) is 19.1 Å². The van der Waals surface area contributed by atoms with E-state index in [1.807, 2.05) is 6.07 Å². The quantitative estimate of drug-likeness (QED) is 0.834. The third-order valence-corrected chi connectivity index (χ3v) is 3.96. The molecule has 25 heavy (non-hydrogen) atoms. The van der Waals surface area contributed by atoms with Gasteiger partial charge in [0.2, 0.25) is 0 Å². The Morgan fingerprint density at radius 1 is 1.20 bits per heavy atom. The van der Waals surface area contributed by atoms with Crippen LogP contribution in [0, 0.1) is 5.82 Å². The Morgan fingerprint density at radius 3 is 2.60 bits per heavy atom. The van der Waals surface area contributed by atoms with Crippen molar-refractivity contribution in [3.8, 4) is 0 Å². The average Bonchev–Trinajstić information content (AvgIpc) is 2.90. The van der Waals surface area contributed by atoms with Gasteiger partial charge in [0.15, 0.2) is 0 Å². The molecule has 0 radical (unpaired) electrons. The first-order chi connectivity index (χ1) is 12.0.